The number of rotatable bonds is 4. The lowest BCUT2D eigenvalue weighted by molar-refractivity contribution is 0.238. The van der Waals surface area contributed by atoms with Crippen molar-refractivity contribution in [2.45, 2.75) is 26.4 Å². The number of nitrogens with zero attached hydrogens (tertiary/aromatic N) is 1. The van der Waals surface area contributed by atoms with Crippen LogP contribution in [0, 0.1) is 0 Å². The van der Waals surface area contributed by atoms with E-state index in [0.717, 1.165) is 5.56 Å². The topological polar surface area (TPSA) is 99.7 Å². The van der Waals surface area contributed by atoms with Crippen LogP contribution < -0.4 is 16.4 Å². The van der Waals surface area contributed by atoms with Gasteiger partial charge in [0.2, 0.25) is 0 Å². The fraction of sp³-hybridized carbons (Fsp3) is 0.333. The highest BCUT2D eigenvalue weighted by molar-refractivity contribution is 5.97. The molecule has 6 heteroatoms. The Morgan fingerprint density at radius 3 is 2.83 bits per heavy atom. The monoisotopic (exact) mass is 250 g/mol. The third-order valence-electron chi connectivity index (χ3n) is 2.20. The number of amidine groups is 1. The van der Waals surface area contributed by atoms with Crippen LogP contribution in [-0.2, 0) is 6.54 Å². The lowest BCUT2D eigenvalue weighted by Crippen LogP contribution is -2.39. The zero-order valence-corrected chi connectivity index (χ0v) is 10.5. The van der Waals surface area contributed by atoms with Gasteiger partial charge in [0, 0.05) is 18.2 Å². The second kappa shape index (κ2) is 6.48. The lowest BCUT2D eigenvalue weighted by atomic mass is 10.1. The van der Waals surface area contributed by atoms with Gasteiger partial charge in [0.1, 0.15) is 0 Å². The Hall–Kier alpha value is -2.24. The van der Waals surface area contributed by atoms with Gasteiger partial charge in [-0.2, -0.15) is 0 Å². The molecule has 0 aliphatic heterocycles. The van der Waals surface area contributed by atoms with Gasteiger partial charge in [-0.15, -0.1) is 0 Å². The van der Waals surface area contributed by atoms with E-state index in [1.54, 1.807) is 18.2 Å². The van der Waals surface area contributed by atoms with Gasteiger partial charge in [-0.05, 0) is 25.5 Å². The molecule has 1 aromatic carbocycles. The third-order valence-corrected chi connectivity index (χ3v) is 2.20. The first kappa shape index (κ1) is 13.8. The first-order chi connectivity index (χ1) is 8.52. The van der Waals surface area contributed by atoms with Gasteiger partial charge in [0.25, 0.3) is 0 Å². The zero-order chi connectivity index (χ0) is 13.5. The van der Waals surface area contributed by atoms with Gasteiger partial charge in [0.15, 0.2) is 5.84 Å². The lowest BCUT2D eigenvalue weighted by Gasteiger charge is -2.10. The van der Waals surface area contributed by atoms with Crippen molar-refractivity contribution in [1.82, 2.24) is 10.6 Å². The maximum Gasteiger partial charge on any atom is 0.315 e. The Kier molecular flexibility index (Phi) is 4.98. The smallest absolute Gasteiger partial charge is 0.315 e. The van der Waals surface area contributed by atoms with Crippen molar-refractivity contribution in [2.24, 2.45) is 10.9 Å². The molecule has 0 unspecified atom stereocenters. The molecule has 5 N–H and O–H groups in total. The van der Waals surface area contributed by atoms with E-state index in [0.29, 0.717) is 12.1 Å². The number of amides is 2. The highest BCUT2D eigenvalue weighted by Gasteiger charge is 2.04. The summed E-state index contributed by atoms with van der Waals surface area (Å²) in [4.78, 5) is 11.4. The number of carbonyl (C=O) groups is 1. The number of carbonyl (C=O) groups excluding carboxylic acids is 1. The van der Waals surface area contributed by atoms with Gasteiger partial charge in [0.05, 0.1) is 0 Å². The van der Waals surface area contributed by atoms with Crippen molar-refractivity contribution < 1.29 is 10.0 Å². The maximum absolute atomic E-state index is 11.4. The Labute approximate surface area is 106 Å². The molecule has 1 aromatic rings. The number of oxime groups is 1. The molecule has 1 rings (SSSR count). The second-order valence-electron chi connectivity index (χ2n) is 4.17. The number of hydrogen-bond acceptors (Lipinski definition) is 3. The van der Waals surface area contributed by atoms with Crippen LogP contribution in [0.1, 0.15) is 25.0 Å². The van der Waals surface area contributed by atoms with Crippen molar-refractivity contribution in [3.05, 3.63) is 35.4 Å². The van der Waals surface area contributed by atoms with Crippen molar-refractivity contribution in [2.75, 3.05) is 0 Å². The van der Waals surface area contributed by atoms with E-state index in [1.807, 2.05) is 19.9 Å². The van der Waals surface area contributed by atoms with Crippen LogP contribution in [0.15, 0.2) is 29.4 Å². The van der Waals surface area contributed by atoms with E-state index in [4.69, 9.17) is 10.9 Å². The molecule has 0 bridgehead atoms. The number of benzene rings is 1. The van der Waals surface area contributed by atoms with Crippen LogP contribution in [0.3, 0.4) is 0 Å². The van der Waals surface area contributed by atoms with E-state index in [9.17, 15) is 4.79 Å². The predicted octanol–water partition coefficient (Wildman–Crippen LogP) is 0.989. The van der Waals surface area contributed by atoms with Crippen LogP contribution in [0.5, 0.6) is 0 Å². The van der Waals surface area contributed by atoms with Crippen LogP contribution in [0.4, 0.5) is 4.79 Å². The summed E-state index contributed by atoms with van der Waals surface area (Å²) >= 11 is 0. The van der Waals surface area contributed by atoms with Gasteiger partial charge >= 0.3 is 6.03 Å². The van der Waals surface area contributed by atoms with Crippen LogP contribution in [0.25, 0.3) is 0 Å². The molecule has 0 radical (unpaired) electrons. The van der Waals surface area contributed by atoms with Gasteiger partial charge in [-0.25, -0.2) is 4.79 Å². The molecule has 0 spiro atoms. The second-order valence-corrected chi connectivity index (χ2v) is 4.17. The van der Waals surface area contributed by atoms with Crippen molar-refractivity contribution >= 4 is 11.9 Å². The minimum atomic E-state index is -0.223. The average Bonchev–Trinajstić information content (AvgIpc) is 2.35. The average molecular weight is 250 g/mol. The summed E-state index contributed by atoms with van der Waals surface area (Å²) in [5.74, 6) is 0.0449. The summed E-state index contributed by atoms with van der Waals surface area (Å²) in [6.07, 6.45) is 0. The molecule has 6 nitrogen and oxygen atoms in total. The predicted molar refractivity (Wildman–Crippen MR) is 69.5 cm³/mol. The van der Waals surface area contributed by atoms with Crippen LogP contribution >= 0.6 is 0 Å². The molecular weight excluding hydrogens is 232 g/mol. The minimum absolute atomic E-state index is 0.0449. The molecule has 0 saturated carbocycles. The maximum atomic E-state index is 11.4. The Morgan fingerprint density at radius 1 is 1.50 bits per heavy atom. The molecular formula is C12H18N4O2. The van der Waals surface area contributed by atoms with Gasteiger partial charge in [-0.3, -0.25) is 0 Å². The third kappa shape index (κ3) is 4.32. The van der Waals surface area contributed by atoms with E-state index in [1.165, 1.54) is 0 Å². The fourth-order valence-corrected chi connectivity index (χ4v) is 1.39. The molecule has 0 aliphatic carbocycles. The normalized spacial score (nSPS) is 11.4. The fourth-order valence-electron chi connectivity index (χ4n) is 1.39. The SMILES string of the molecule is CC(C)NC(=O)NCc1cccc(/C(N)=N/O)c1. The molecule has 0 fully saturated rings. The first-order valence-corrected chi connectivity index (χ1v) is 5.64. The van der Waals surface area contributed by atoms with E-state index in [-0.39, 0.29) is 17.9 Å². The minimum Gasteiger partial charge on any atom is -0.409 e. The van der Waals surface area contributed by atoms with Gasteiger partial charge < -0.3 is 21.6 Å². The van der Waals surface area contributed by atoms with Crippen molar-refractivity contribution in [1.29, 1.82) is 0 Å². The molecule has 0 saturated heterocycles. The molecule has 0 aromatic heterocycles. The van der Waals surface area contributed by atoms with E-state index in [2.05, 4.69) is 15.8 Å². The summed E-state index contributed by atoms with van der Waals surface area (Å²) in [6, 6.07) is 6.99. The quantitative estimate of drug-likeness (QED) is 0.277. The number of hydrogen-bond donors (Lipinski definition) is 4. The Morgan fingerprint density at radius 2 is 2.22 bits per heavy atom. The summed E-state index contributed by atoms with van der Waals surface area (Å²) in [6.45, 7) is 4.16. The molecule has 18 heavy (non-hydrogen) atoms. The van der Waals surface area contributed by atoms with Crippen molar-refractivity contribution in [3.63, 3.8) is 0 Å². The summed E-state index contributed by atoms with van der Waals surface area (Å²) in [7, 11) is 0. The molecule has 2 amide bonds. The summed E-state index contributed by atoms with van der Waals surface area (Å²) < 4.78 is 0. The Balaban J connectivity index is 2.60. The summed E-state index contributed by atoms with van der Waals surface area (Å²) in [5, 5.41) is 17.0. The zero-order valence-electron chi connectivity index (χ0n) is 10.5. The molecule has 0 atom stereocenters. The number of nitrogens with two attached hydrogens (primary N) is 1. The van der Waals surface area contributed by atoms with E-state index < -0.39 is 0 Å². The largest absolute Gasteiger partial charge is 0.409 e. The van der Waals surface area contributed by atoms with Crippen molar-refractivity contribution in [3.8, 4) is 0 Å². The van der Waals surface area contributed by atoms with Crippen LogP contribution in [0.2, 0.25) is 0 Å². The highest BCUT2D eigenvalue weighted by atomic mass is 16.4. The standard InChI is InChI=1S/C12H18N4O2/c1-8(2)15-12(17)14-7-9-4-3-5-10(6-9)11(13)16-18/h3-6,8,18H,7H2,1-2H3,(H2,13,16)(H2,14,15,17). The van der Waals surface area contributed by atoms with Crippen LogP contribution in [-0.4, -0.2) is 23.1 Å². The number of nitrogens with one attached hydrogen (secondary N) is 2. The van der Waals surface area contributed by atoms with E-state index >= 15 is 0 Å². The first-order valence-electron chi connectivity index (χ1n) is 5.64. The Bertz CT molecular complexity index is 443. The molecule has 0 heterocycles. The highest BCUT2D eigenvalue weighted by Crippen LogP contribution is 2.04. The summed E-state index contributed by atoms with van der Waals surface area (Å²) in [5.41, 5.74) is 6.97. The molecule has 98 valence electrons. The number of urea groups is 1. The molecule has 0 aliphatic rings. The van der Waals surface area contributed by atoms with Gasteiger partial charge in [-0.1, -0.05) is 23.4 Å².